The minimum Gasteiger partial charge on any atom is -0.493 e. The highest BCUT2D eigenvalue weighted by Gasteiger charge is 2.09. The van der Waals surface area contributed by atoms with E-state index in [9.17, 15) is 5.11 Å². The SMILES string of the molecule is CCCCCCOc1cc(Br)ccc1C(C)O. The average Bonchev–Trinajstić information content (AvgIpc) is 2.28. The number of ether oxygens (including phenoxy) is 1. The summed E-state index contributed by atoms with van der Waals surface area (Å²) >= 11 is 3.42. The van der Waals surface area contributed by atoms with Gasteiger partial charge in [-0.3, -0.25) is 0 Å². The Balaban J connectivity index is 2.53. The van der Waals surface area contributed by atoms with Gasteiger partial charge in [-0.25, -0.2) is 0 Å². The van der Waals surface area contributed by atoms with Gasteiger partial charge in [-0.05, 0) is 25.5 Å². The maximum atomic E-state index is 9.64. The number of hydrogen-bond donors (Lipinski definition) is 1. The number of unbranched alkanes of at least 4 members (excludes halogenated alkanes) is 3. The topological polar surface area (TPSA) is 29.5 Å². The number of aliphatic hydroxyl groups is 1. The van der Waals surface area contributed by atoms with E-state index in [-0.39, 0.29) is 0 Å². The average molecular weight is 301 g/mol. The predicted molar refractivity (Wildman–Crippen MR) is 74.4 cm³/mol. The molecule has 0 spiro atoms. The predicted octanol–water partition coefficient (Wildman–Crippen LogP) is 4.46. The molecule has 0 aliphatic rings. The van der Waals surface area contributed by atoms with Gasteiger partial charge in [0.05, 0.1) is 12.7 Å². The minimum absolute atomic E-state index is 0.492. The largest absolute Gasteiger partial charge is 0.493 e. The van der Waals surface area contributed by atoms with Crippen molar-refractivity contribution in [3.05, 3.63) is 28.2 Å². The standard InChI is InChI=1S/C14H21BrO2/c1-3-4-5-6-9-17-14-10-12(15)7-8-13(14)11(2)16/h7-8,10-11,16H,3-6,9H2,1-2H3. The van der Waals surface area contributed by atoms with E-state index >= 15 is 0 Å². The number of aliphatic hydroxyl groups excluding tert-OH is 1. The summed E-state index contributed by atoms with van der Waals surface area (Å²) in [6.07, 6.45) is 4.27. The molecule has 1 aromatic carbocycles. The molecule has 0 saturated carbocycles. The Morgan fingerprint density at radius 1 is 1.29 bits per heavy atom. The third-order valence-electron chi connectivity index (χ3n) is 2.68. The Bertz CT molecular complexity index is 337. The van der Waals surface area contributed by atoms with E-state index < -0.39 is 6.10 Å². The van der Waals surface area contributed by atoms with Crippen LogP contribution in [0, 0.1) is 0 Å². The van der Waals surface area contributed by atoms with E-state index in [0.29, 0.717) is 0 Å². The summed E-state index contributed by atoms with van der Waals surface area (Å²) in [4.78, 5) is 0. The van der Waals surface area contributed by atoms with Crippen molar-refractivity contribution in [3.8, 4) is 5.75 Å². The summed E-state index contributed by atoms with van der Waals surface area (Å²) in [5.41, 5.74) is 0.851. The molecule has 0 amide bonds. The van der Waals surface area contributed by atoms with Crippen LogP contribution in [0.25, 0.3) is 0 Å². The lowest BCUT2D eigenvalue weighted by atomic mass is 10.1. The van der Waals surface area contributed by atoms with Crippen LogP contribution in [-0.4, -0.2) is 11.7 Å². The molecule has 2 nitrogen and oxygen atoms in total. The molecule has 1 atom stereocenters. The maximum Gasteiger partial charge on any atom is 0.126 e. The van der Waals surface area contributed by atoms with E-state index in [2.05, 4.69) is 22.9 Å². The van der Waals surface area contributed by atoms with Gasteiger partial charge in [-0.2, -0.15) is 0 Å². The monoisotopic (exact) mass is 300 g/mol. The van der Waals surface area contributed by atoms with Crippen molar-refractivity contribution >= 4 is 15.9 Å². The van der Waals surface area contributed by atoms with Gasteiger partial charge < -0.3 is 9.84 Å². The molecule has 1 unspecified atom stereocenters. The molecule has 0 aliphatic heterocycles. The fourth-order valence-corrected chi connectivity index (χ4v) is 2.03. The Labute approximate surface area is 112 Å². The quantitative estimate of drug-likeness (QED) is 0.753. The second-order valence-corrected chi connectivity index (χ2v) is 5.18. The molecule has 0 fully saturated rings. The van der Waals surface area contributed by atoms with Crippen LogP contribution in [0.2, 0.25) is 0 Å². The summed E-state index contributed by atoms with van der Waals surface area (Å²) in [5, 5.41) is 9.64. The molecule has 0 aromatic heterocycles. The number of rotatable bonds is 7. The molecule has 17 heavy (non-hydrogen) atoms. The van der Waals surface area contributed by atoms with Crippen molar-refractivity contribution in [2.24, 2.45) is 0 Å². The fourth-order valence-electron chi connectivity index (χ4n) is 1.69. The minimum atomic E-state index is -0.492. The Morgan fingerprint density at radius 2 is 2.06 bits per heavy atom. The zero-order valence-corrected chi connectivity index (χ0v) is 12.2. The first-order valence-corrected chi connectivity index (χ1v) is 7.04. The van der Waals surface area contributed by atoms with Crippen molar-refractivity contribution in [2.75, 3.05) is 6.61 Å². The molecular weight excluding hydrogens is 280 g/mol. The van der Waals surface area contributed by atoms with Gasteiger partial charge in [0.15, 0.2) is 0 Å². The van der Waals surface area contributed by atoms with Crippen LogP contribution in [0.5, 0.6) is 5.75 Å². The van der Waals surface area contributed by atoms with Gasteiger partial charge in [-0.15, -0.1) is 0 Å². The number of halogens is 1. The highest BCUT2D eigenvalue weighted by molar-refractivity contribution is 9.10. The molecule has 1 N–H and O–H groups in total. The molecule has 1 aromatic rings. The van der Waals surface area contributed by atoms with Crippen LogP contribution in [-0.2, 0) is 0 Å². The third-order valence-corrected chi connectivity index (χ3v) is 3.17. The summed E-state index contributed by atoms with van der Waals surface area (Å²) in [6, 6.07) is 5.74. The van der Waals surface area contributed by atoms with Gasteiger partial charge in [0.25, 0.3) is 0 Å². The Kier molecular flexibility index (Phi) is 6.60. The molecule has 0 aliphatic carbocycles. The highest BCUT2D eigenvalue weighted by Crippen LogP contribution is 2.28. The Hall–Kier alpha value is -0.540. The molecule has 0 radical (unpaired) electrons. The summed E-state index contributed by atoms with van der Waals surface area (Å²) in [5.74, 6) is 0.783. The van der Waals surface area contributed by atoms with Gasteiger partial charge in [0, 0.05) is 10.0 Å². The maximum absolute atomic E-state index is 9.64. The molecule has 0 heterocycles. The van der Waals surface area contributed by atoms with Crippen molar-refractivity contribution in [2.45, 2.75) is 45.6 Å². The van der Waals surface area contributed by atoms with Crippen LogP contribution in [0.3, 0.4) is 0 Å². The van der Waals surface area contributed by atoms with E-state index in [4.69, 9.17) is 4.74 Å². The lowest BCUT2D eigenvalue weighted by Crippen LogP contribution is -2.02. The summed E-state index contributed by atoms with van der Waals surface area (Å²) in [6.45, 7) is 4.67. The molecule has 3 heteroatoms. The third kappa shape index (κ3) is 5.09. The smallest absolute Gasteiger partial charge is 0.126 e. The number of hydrogen-bond acceptors (Lipinski definition) is 2. The second kappa shape index (κ2) is 7.72. The first-order chi connectivity index (χ1) is 8.15. The Morgan fingerprint density at radius 3 is 2.71 bits per heavy atom. The first-order valence-electron chi connectivity index (χ1n) is 6.25. The van der Waals surface area contributed by atoms with Gasteiger partial charge in [0.2, 0.25) is 0 Å². The van der Waals surface area contributed by atoms with Crippen LogP contribution in [0.4, 0.5) is 0 Å². The highest BCUT2D eigenvalue weighted by atomic mass is 79.9. The summed E-state index contributed by atoms with van der Waals surface area (Å²) in [7, 11) is 0. The van der Waals surface area contributed by atoms with Crippen LogP contribution >= 0.6 is 15.9 Å². The van der Waals surface area contributed by atoms with Crippen molar-refractivity contribution in [3.63, 3.8) is 0 Å². The van der Waals surface area contributed by atoms with E-state index in [0.717, 1.165) is 28.8 Å². The molecule has 1 rings (SSSR count). The first kappa shape index (κ1) is 14.5. The van der Waals surface area contributed by atoms with Gasteiger partial charge in [0.1, 0.15) is 5.75 Å². The van der Waals surface area contributed by atoms with Crippen LogP contribution in [0.15, 0.2) is 22.7 Å². The zero-order valence-electron chi connectivity index (χ0n) is 10.6. The fraction of sp³-hybridized carbons (Fsp3) is 0.571. The molecule has 0 bridgehead atoms. The molecule has 0 saturated heterocycles. The normalized spacial score (nSPS) is 12.5. The van der Waals surface area contributed by atoms with E-state index in [1.54, 1.807) is 6.92 Å². The number of benzene rings is 1. The molecule has 96 valence electrons. The molecular formula is C14H21BrO2. The van der Waals surface area contributed by atoms with E-state index in [1.807, 2.05) is 18.2 Å². The zero-order chi connectivity index (χ0) is 12.7. The van der Waals surface area contributed by atoms with Crippen LogP contribution < -0.4 is 4.74 Å². The lowest BCUT2D eigenvalue weighted by Gasteiger charge is -2.13. The van der Waals surface area contributed by atoms with E-state index in [1.165, 1.54) is 19.3 Å². The van der Waals surface area contributed by atoms with Gasteiger partial charge in [-0.1, -0.05) is 48.2 Å². The van der Waals surface area contributed by atoms with Crippen molar-refractivity contribution < 1.29 is 9.84 Å². The van der Waals surface area contributed by atoms with Crippen LogP contribution in [0.1, 0.15) is 51.2 Å². The van der Waals surface area contributed by atoms with Crippen molar-refractivity contribution in [1.82, 2.24) is 0 Å². The van der Waals surface area contributed by atoms with Gasteiger partial charge >= 0.3 is 0 Å². The van der Waals surface area contributed by atoms with Crippen molar-refractivity contribution in [1.29, 1.82) is 0 Å². The second-order valence-electron chi connectivity index (χ2n) is 4.27. The summed E-state index contributed by atoms with van der Waals surface area (Å²) < 4.78 is 6.71. The lowest BCUT2D eigenvalue weighted by molar-refractivity contribution is 0.190.